The fraction of sp³-hybridized carbons (Fsp3) is 0.625. The molecule has 0 fully saturated rings. The summed E-state index contributed by atoms with van der Waals surface area (Å²) in [6, 6.07) is -0.697. The van der Waals surface area contributed by atoms with Gasteiger partial charge in [-0.2, -0.15) is 0 Å². The summed E-state index contributed by atoms with van der Waals surface area (Å²) in [7, 11) is 1.37. The van der Waals surface area contributed by atoms with Crippen molar-refractivity contribution in [1.82, 2.24) is 10.2 Å². The van der Waals surface area contributed by atoms with E-state index in [-0.39, 0.29) is 12.5 Å². The summed E-state index contributed by atoms with van der Waals surface area (Å²) in [6.45, 7) is 2.42. The van der Waals surface area contributed by atoms with E-state index in [1.165, 1.54) is 20.9 Å². The van der Waals surface area contributed by atoms with Crippen LogP contribution < -0.4 is 5.32 Å². The maximum atomic E-state index is 11.4. The number of hydrogen-bond donors (Lipinski definition) is 2. The van der Waals surface area contributed by atoms with Crippen molar-refractivity contribution in [3.8, 4) is 0 Å². The van der Waals surface area contributed by atoms with Crippen LogP contribution >= 0.6 is 0 Å². The third kappa shape index (κ3) is 4.44. The topological polar surface area (TPSA) is 86.7 Å². The van der Waals surface area contributed by atoms with Gasteiger partial charge in [0, 0.05) is 14.0 Å². The molecule has 0 heterocycles. The van der Waals surface area contributed by atoms with E-state index >= 15 is 0 Å². The first-order valence-corrected chi connectivity index (χ1v) is 4.08. The highest BCUT2D eigenvalue weighted by molar-refractivity contribution is 5.88. The molecule has 0 radical (unpaired) electrons. The van der Waals surface area contributed by atoms with E-state index in [0.717, 1.165) is 4.90 Å². The van der Waals surface area contributed by atoms with Crippen LogP contribution in [-0.4, -0.2) is 47.4 Å². The molecule has 0 aromatic rings. The summed E-state index contributed by atoms with van der Waals surface area (Å²) >= 11 is 0. The number of carboxylic acid groups (broad SMARTS) is 1. The van der Waals surface area contributed by atoms with Gasteiger partial charge >= 0.3 is 5.97 Å². The molecule has 14 heavy (non-hydrogen) atoms. The van der Waals surface area contributed by atoms with Crippen LogP contribution in [-0.2, 0) is 14.4 Å². The number of carbonyl (C=O) groups excluding carboxylic acids is 2. The highest BCUT2D eigenvalue weighted by Gasteiger charge is 2.19. The average molecular weight is 202 g/mol. The molecule has 0 aromatic heterocycles. The third-order valence-electron chi connectivity index (χ3n) is 1.54. The molecule has 0 spiro atoms. The summed E-state index contributed by atoms with van der Waals surface area (Å²) in [5, 5.41) is 10.8. The van der Waals surface area contributed by atoms with Crippen molar-refractivity contribution in [2.24, 2.45) is 0 Å². The van der Waals surface area contributed by atoms with Crippen molar-refractivity contribution >= 4 is 17.8 Å². The second kappa shape index (κ2) is 5.21. The van der Waals surface area contributed by atoms with E-state index in [9.17, 15) is 14.4 Å². The van der Waals surface area contributed by atoms with E-state index in [1.807, 2.05) is 0 Å². The van der Waals surface area contributed by atoms with Crippen LogP contribution in [0.15, 0.2) is 0 Å². The second-order valence-corrected chi connectivity index (χ2v) is 3.01. The Bertz CT molecular complexity index is 228. The average Bonchev–Trinajstić information content (AvgIpc) is 2.00. The standard InChI is InChI=1S/C8H14N2O4/c1-5(9-6(2)11)8(14)10(3)4-7(12)13/h5H,4H2,1-3H3,(H,9,11)(H,12,13). The molecule has 0 saturated carbocycles. The van der Waals surface area contributed by atoms with Gasteiger partial charge in [-0.15, -0.1) is 0 Å². The number of rotatable bonds is 4. The highest BCUT2D eigenvalue weighted by atomic mass is 16.4. The normalized spacial score (nSPS) is 11.6. The van der Waals surface area contributed by atoms with Crippen molar-refractivity contribution in [3.63, 3.8) is 0 Å². The van der Waals surface area contributed by atoms with Crippen LogP contribution in [0.1, 0.15) is 13.8 Å². The molecule has 1 atom stereocenters. The first kappa shape index (κ1) is 12.4. The number of hydrogen-bond acceptors (Lipinski definition) is 3. The number of carboxylic acids is 1. The van der Waals surface area contributed by atoms with Gasteiger partial charge < -0.3 is 15.3 Å². The molecule has 0 saturated heterocycles. The largest absolute Gasteiger partial charge is 0.480 e. The lowest BCUT2D eigenvalue weighted by molar-refractivity contribution is -0.144. The van der Waals surface area contributed by atoms with Gasteiger partial charge in [0.2, 0.25) is 11.8 Å². The molecule has 2 N–H and O–H groups in total. The van der Waals surface area contributed by atoms with Crippen molar-refractivity contribution in [3.05, 3.63) is 0 Å². The molecule has 0 aliphatic rings. The highest BCUT2D eigenvalue weighted by Crippen LogP contribution is 1.91. The molecule has 0 bridgehead atoms. The molecule has 0 aliphatic carbocycles. The van der Waals surface area contributed by atoms with Gasteiger partial charge in [-0.3, -0.25) is 14.4 Å². The summed E-state index contributed by atoms with van der Waals surface area (Å²) in [5.74, 6) is -1.84. The van der Waals surface area contributed by atoms with Gasteiger partial charge in [0.1, 0.15) is 12.6 Å². The van der Waals surface area contributed by atoms with Crippen molar-refractivity contribution in [2.45, 2.75) is 19.9 Å². The minimum Gasteiger partial charge on any atom is -0.480 e. The lowest BCUT2D eigenvalue weighted by Gasteiger charge is -2.19. The molecule has 0 aliphatic heterocycles. The summed E-state index contributed by atoms with van der Waals surface area (Å²) in [4.78, 5) is 33.3. The summed E-state index contributed by atoms with van der Waals surface area (Å²) < 4.78 is 0. The monoisotopic (exact) mass is 202 g/mol. The zero-order valence-corrected chi connectivity index (χ0v) is 8.40. The molecular weight excluding hydrogens is 188 g/mol. The van der Waals surface area contributed by atoms with E-state index in [2.05, 4.69) is 5.32 Å². The zero-order valence-electron chi connectivity index (χ0n) is 8.40. The number of nitrogens with one attached hydrogen (secondary N) is 1. The van der Waals surface area contributed by atoms with Gasteiger partial charge in [-0.1, -0.05) is 0 Å². The molecule has 6 heteroatoms. The Morgan fingerprint density at radius 2 is 1.93 bits per heavy atom. The predicted molar refractivity (Wildman–Crippen MR) is 48.6 cm³/mol. The summed E-state index contributed by atoms with van der Waals surface area (Å²) in [5.41, 5.74) is 0. The van der Waals surface area contributed by atoms with Crippen molar-refractivity contribution in [1.29, 1.82) is 0 Å². The molecular formula is C8H14N2O4. The molecule has 0 rings (SSSR count). The van der Waals surface area contributed by atoms with Gasteiger partial charge in [0.25, 0.3) is 0 Å². The van der Waals surface area contributed by atoms with E-state index < -0.39 is 17.9 Å². The third-order valence-corrected chi connectivity index (χ3v) is 1.54. The van der Waals surface area contributed by atoms with Crippen molar-refractivity contribution in [2.75, 3.05) is 13.6 Å². The Hall–Kier alpha value is -1.59. The second-order valence-electron chi connectivity index (χ2n) is 3.01. The molecule has 80 valence electrons. The minimum atomic E-state index is -1.09. The van der Waals surface area contributed by atoms with Gasteiger partial charge in [-0.25, -0.2) is 0 Å². The van der Waals surface area contributed by atoms with E-state index in [0.29, 0.717) is 0 Å². The number of carbonyl (C=O) groups is 3. The van der Waals surface area contributed by atoms with Crippen LogP contribution in [0.25, 0.3) is 0 Å². The number of likely N-dealkylation sites (N-methyl/N-ethyl adjacent to an activating group) is 1. The van der Waals surface area contributed by atoms with Crippen LogP contribution in [0.5, 0.6) is 0 Å². The number of amides is 2. The molecule has 2 amide bonds. The molecule has 1 unspecified atom stereocenters. The Balaban J connectivity index is 4.16. The van der Waals surface area contributed by atoms with E-state index in [4.69, 9.17) is 5.11 Å². The first-order valence-electron chi connectivity index (χ1n) is 4.08. The minimum absolute atomic E-state index is 0.324. The molecule has 0 aromatic carbocycles. The Kier molecular flexibility index (Phi) is 4.62. The van der Waals surface area contributed by atoms with Crippen LogP contribution in [0.2, 0.25) is 0 Å². The fourth-order valence-electron chi connectivity index (χ4n) is 0.978. The zero-order chi connectivity index (χ0) is 11.3. The van der Waals surface area contributed by atoms with Crippen LogP contribution in [0.4, 0.5) is 0 Å². The Labute approximate surface area is 81.9 Å². The van der Waals surface area contributed by atoms with E-state index in [1.54, 1.807) is 0 Å². The van der Waals surface area contributed by atoms with Crippen molar-refractivity contribution < 1.29 is 19.5 Å². The van der Waals surface area contributed by atoms with Gasteiger partial charge in [0.15, 0.2) is 0 Å². The number of aliphatic carboxylic acids is 1. The predicted octanol–water partition coefficient (Wildman–Crippen LogP) is -0.946. The summed E-state index contributed by atoms with van der Waals surface area (Å²) in [6.07, 6.45) is 0. The fourth-order valence-corrected chi connectivity index (χ4v) is 0.978. The quantitative estimate of drug-likeness (QED) is 0.615. The Morgan fingerprint density at radius 3 is 2.29 bits per heavy atom. The number of nitrogens with zero attached hydrogens (tertiary/aromatic N) is 1. The lowest BCUT2D eigenvalue weighted by atomic mass is 10.3. The maximum absolute atomic E-state index is 11.4. The lowest BCUT2D eigenvalue weighted by Crippen LogP contribution is -2.46. The molecule has 6 nitrogen and oxygen atoms in total. The van der Waals surface area contributed by atoms with Crippen LogP contribution in [0.3, 0.4) is 0 Å². The van der Waals surface area contributed by atoms with Crippen LogP contribution in [0, 0.1) is 0 Å². The Morgan fingerprint density at radius 1 is 1.43 bits per heavy atom. The van der Waals surface area contributed by atoms with Gasteiger partial charge in [-0.05, 0) is 6.92 Å². The first-order chi connectivity index (χ1) is 6.34. The maximum Gasteiger partial charge on any atom is 0.323 e. The SMILES string of the molecule is CC(=O)NC(C)C(=O)N(C)CC(=O)O. The van der Waals surface area contributed by atoms with Gasteiger partial charge in [0.05, 0.1) is 0 Å². The smallest absolute Gasteiger partial charge is 0.323 e.